The number of rotatable bonds is 2. The summed E-state index contributed by atoms with van der Waals surface area (Å²) >= 11 is 0. The van der Waals surface area contributed by atoms with Crippen LogP contribution in [0.1, 0.15) is 23.2 Å². The van der Waals surface area contributed by atoms with Crippen LogP contribution in [0.25, 0.3) is 0 Å². The van der Waals surface area contributed by atoms with Crippen molar-refractivity contribution < 1.29 is 22.7 Å². The maximum absolute atomic E-state index is 12.2. The van der Waals surface area contributed by atoms with Gasteiger partial charge in [-0.3, -0.25) is 0 Å². The molecule has 0 bridgehead atoms. The maximum Gasteiger partial charge on any atom is 0.433 e. The van der Waals surface area contributed by atoms with Crippen LogP contribution in [0.5, 0.6) is 0 Å². The minimum absolute atomic E-state index is 0.0540. The Morgan fingerprint density at radius 2 is 2.20 bits per heavy atom. The molecule has 0 unspecified atom stereocenters. The van der Waals surface area contributed by atoms with Crippen molar-refractivity contribution >= 4 is 5.97 Å². The molecule has 0 aromatic carbocycles. The van der Waals surface area contributed by atoms with Gasteiger partial charge in [0.25, 0.3) is 0 Å². The highest BCUT2D eigenvalue weighted by Crippen LogP contribution is 2.26. The summed E-state index contributed by atoms with van der Waals surface area (Å²) in [7, 11) is 0. The summed E-state index contributed by atoms with van der Waals surface area (Å²) in [5, 5.41) is 0. The molecule has 15 heavy (non-hydrogen) atoms. The molecule has 82 valence electrons. The Balaban J connectivity index is 2.98. The van der Waals surface area contributed by atoms with E-state index in [-0.39, 0.29) is 6.61 Å². The second-order valence-corrected chi connectivity index (χ2v) is 2.48. The molecule has 1 aromatic rings. The van der Waals surface area contributed by atoms with E-state index < -0.39 is 23.7 Å². The summed E-state index contributed by atoms with van der Waals surface area (Å²) in [5.74, 6) is -1.56. The van der Waals surface area contributed by atoms with Gasteiger partial charge in [0.15, 0.2) is 0 Å². The third-order valence-corrected chi connectivity index (χ3v) is 1.40. The van der Waals surface area contributed by atoms with Crippen LogP contribution in [0.15, 0.2) is 12.3 Å². The molecule has 0 atom stereocenters. The van der Waals surface area contributed by atoms with Crippen molar-refractivity contribution in [3.63, 3.8) is 0 Å². The van der Waals surface area contributed by atoms with Crippen LogP contribution < -0.4 is 0 Å². The maximum atomic E-state index is 12.2. The standard InChI is InChI=1S/C8H7F3N2O2/c1-2-15-7(14)6-12-4-3-5(13-6)8(9,10)11/h3-4H,2H2,1H3. The molecular weight excluding hydrogens is 213 g/mol. The Morgan fingerprint density at radius 1 is 1.53 bits per heavy atom. The summed E-state index contributed by atoms with van der Waals surface area (Å²) in [4.78, 5) is 17.4. The summed E-state index contributed by atoms with van der Waals surface area (Å²) in [6.45, 7) is 1.59. The quantitative estimate of drug-likeness (QED) is 0.711. The van der Waals surface area contributed by atoms with E-state index in [1.54, 1.807) is 0 Å². The van der Waals surface area contributed by atoms with Crippen LogP contribution in [0, 0.1) is 0 Å². The van der Waals surface area contributed by atoms with Gasteiger partial charge < -0.3 is 4.74 Å². The summed E-state index contributed by atoms with van der Waals surface area (Å²) < 4.78 is 41.0. The number of carbonyl (C=O) groups is 1. The number of nitrogens with zero attached hydrogens (tertiary/aromatic N) is 2. The first-order valence-electron chi connectivity index (χ1n) is 4.02. The van der Waals surface area contributed by atoms with Crippen LogP contribution in [0.3, 0.4) is 0 Å². The zero-order valence-corrected chi connectivity index (χ0v) is 7.71. The molecule has 0 spiro atoms. The fourth-order valence-electron chi connectivity index (χ4n) is 0.811. The molecule has 1 heterocycles. The number of hydrogen-bond donors (Lipinski definition) is 0. The normalized spacial score (nSPS) is 11.2. The molecule has 1 aromatic heterocycles. The van der Waals surface area contributed by atoms with Crippen molar-refractivity contribution in [1.29, 1.82) is 0 Å². The van der Waals surface area contributed by atoms with Crippen LogP contribution in [0.2, 0.25) is 0 Å². The Bertz CT molecular complexity index is 365. The molecule has 0 radical (unpaired) electrons. The molecular formula is C8H7F3N2O2. The molecule has 0 aliphatic heterocycles. The fourth-order valence-corrected chi connectivity index (χ4v) is 0.811. The summed E-state index contributed by atoms with van der Waals surface area (Å²) in [5.41, 5.74) is -1.17. The van der Waals surface area contributed by atoms with Crippen molar-refractivity contribution in [3.8, 4) is 0 Å². The van der Waals surface area contributed by atoms with Gasteiger partial charge in [0, 0.05) is 6.20 Å². The smallest absolute Gasteiger partial charge is 0.433 e. The molecule has 4 nitrogen and oxygen atoms in total. The first kappa shape index (κ1) is 11.4. The van der Waals surface area contributed by atoms with Crippen LogP contribution in [-0.4, -0.2) is 22.5 Å². The van der Waals surface area contributed by atoms with Gasteiger partial charge in [0.1, 0.15) is 5.69 Å². The van der Waals surface area contributed by atoms with Gasteiger partial charge in [0.05, 0.1) is 6.61 Å². The average molecular weight is 220 g/mol. The van der Waals surface area contributed by atoms with E-state index in [0.717, 1.165) is 6.20 Å². The molecule has 0 saturated carbocycles. The number of halogens is 3. The molecule has 0 N–H and O–H groups in total. The largest absolute Gasteiger partial charge is 0.460 e. The zero-order valence-electron chi connectivity index (χ0n) is 7.71. The van der Waals surface area contributed by atoms with Gasteiger partial charge in [-0.05, 0) is 13.0 Å². The van der Waals surface area contributed by atoms with E-state index in [0.29, 0.717) is 6.07 Å². The van der Waals surface area contributed by atoms with Gasteiger partial charge in [0.2, 0.25) is 5.82 Å². The van der Waals surface area contributed by atoms with E-state index in [4.69, 9.17) is 0 Å². The molecule has 0 saturated heterocycles. The lowest BCUT2D eigenvalue weighted by Gasteiger charge is -2.06. The van der Waals surface area contributed by atoms with Crippen molar-refractivity contribution in [2.45, 2.75) is 13.1 Å². The van der Waals surface area contributed by atoms with Crippen LogP contribution >= 0.6 is 0 Å². The van der Waals surface area contributed by atoms with Gasteiger partial charge >= 0.3 is 12.1 Å². The Hall–Kier alpha value is -1.66. The molecule has 0 amide bonds. The van der Waals surface area contributed by atoms with E-state index in [9.17, 15) is 18.0 Å². The van der Waals surface area contributed by atoms with E-state index >= 15 is 0 Å². The first-order valence-corrected chi connectivity index (χ1v) is 4.02. The van der Waals surface area contributed by atoms with Gasteiger partial charge in [-0.2, -0.15) is 13.2 Å². The number of aromatic nitrogens is 2. The number of hydrogen-bond acceptors (Lipinski definition) is 4. The highest BCUT2D eigenvalue weighted by Gasteiger charge is 2.33. The fraction of sp³-hybridized carbons (Fsp3) is 0.375. The Labute approximate surface area is 83.1 Å². The third-order valence-electron chi connectivity index (χ3n) is 1.40. The lowest BCUT2D eigenvalue weighted by Crippen LogP contribution is -2.15. The first-order chi connectivity index (χ1) is 6.95. The monoisotopic (exact) mass is 220 g/mol. The minimum atomic E-state index is -4.59. The summed E-state index contributed by atoms with van der Waals surface area (Å²) in [6, 6.07) is 0.683. The topological polar surface area (TPSA) is 52.1 Å². The average Bonchev–Trinajstić information content (AvgIpc) is 2.17. The van der Waals surface area contributed by atoms with Gasteiger partial charge in [-0.25, -0.2) is 14.8 Å². The van der Waals surface area contributed by atoms with Crippen LogP contribution in [0.4, 0.5) is 13.2 Å². The number of carbonyl (C=O) groups excluding carboxylic acids is 1. The second kappa shape index (κ2) is 4.24. The van der Waals surface area contributed by atoms with Crippen molar-refractivity contribution in [3.05, 3.63) is 23.8 Å². The van der Waals surface area contributed by atoms with Crippen molar-refractivity contribution in [2.24, 2.45) is 0 Å². The van der Waals surface area contributed by atoms with E-state index in [1.165, 1.54) is 6.92 Å². The highest BCUT2D eigenvalue weighted by molar-refractivity contribution is 5.85. The van der Waals surface area contributed by atoms with Gasteiger partial charge in [-0.1, -0.05) is 0 Å². The highest BCUT2D eigenvalue weighted by atomic mass is 19.4. The van der Waals surface area contributed by atoms with Crippen molar-refractivity contribution in [2.75, 3.05) is 6.61 Å². The number of ether oxygens (including phenoxy) is 1. The van der Waals surface area contributed by atoms with E-state index in [1.807, 2.05) is 0 Å². The summed E-state index contributed by atoms with van der Waals surface area (Å²) in [6.07, 6.45) is -3.73. The second-order valence-electron chi connectivity index (χ2n) is 2.48. The molecule has 0 fully saturated rings. The lowest BCUT2D eigenvalue weighted by molar-refractivity contribution is -0.141. The molecule has 0 aliphatic rings. The number of alkyl halides is 3. The molecule has 1 rings (SSSR count). The van der Waals surface area contributed by atoms with E-state index in [2.05, 4.69) is 14.7 Å². The molecule has 7 heteroatoms. The predicted octanol–water partition coefficient (Wildman–Crippen LogP) is 1.67. The molecule has 0 aliphatic carbocycles. The van der Waals surface area contributed by atoms with Gasteiger partial charge in [-0.15, -0.1) is 0 Å². The SMILES string of the molecule is CCOC(=O)c1nccc(C(F)(F)F)n1. The zero-order chi connectivity index (χ0) is 11.5. The Kier molecular flexibility index (Phi) is 3.23. The Morgan fingerprint density at radius 3 is 2.73 bits per heavy atom. The lowest BCUT2D eigenvalue weighted by atomic mass is 10.4. The third kappa shape index (κ3) is 2.90. The minimum Gasteiger partial charge on any atom is -0.460 e. The van der Waals surface area contributed by atoms with Crippen molar-refractivity contribution in [1.82, 2.24) is 9.97 Å². The number of esters is 1. The predicted molar refractivity (Wildman–Crippen MR) is 43.0 cm³/mol. The van der Waals surface area contributed by atoms with Crippen LogP contribution in [-0.2, 0) is 10.9 Å².